The molecule has 0 amide bonds. The molecule has 0 radical (unpaired) electrons. The van der Waals surface area contributed by atoms with E-state index in [0.717, 1.165) is 0 Å². The molecule has 6 heteroatoms. The number of fused-ring (bicyclic) bond motifs is 1. The number of para-hydroxylation sites is 2. The highest BCUT2D eigenvalue weighted by Crippen LogP contribution is 2.38. The molecule has 0 aliphatic carbocycles. The fourth-order valence-electron chi connectivity index (χ4n) is 2.04. The third-order valence-electron chi connectivity index (χ3n) is 3.12. The van der Waals surface area contributed by atoms with Crippen molar-refractivity contribution >= 4 is 5.69 Å². The molecule has 0 saturated carbocycles. The third-order valence-corrected chi connectivity index (χ3v) is 3.12. The van der Waals surface area contributed by atoms with Gasteiger partial charge in [-0.2, -0.15) is 13.2 Å². The first kappa shape index (κ1) is 13.0. The summed E-state index contributed by atoms with van der Waals surface area (Å²) in [6.45, 7) is 0.731. The first-order chi connectivity index (χ1) is 8.36. The molecule has 18 heavy (non-hydrogen) atoms. The van der Waals surface area contributed by atoms with Gasteiger partial charge in [0.1, 0.15) is 24.6 Å². The first-order valence-corrected chi connectivity index (χ1v) is 5.71. The number of nitrogens with two attached hydrogens (primary N) is 1. The fourth-order valence-corrected chi connectivity index (χ4v) is 2.04. The number of ether oxygens (including phenoxy) is 1. The van der Waals surface area contributed by atoms with Crippen molar-refractivity contribution in [2.45, 2.75) is 25.2 Å². The molecule has 1 aliphatic heterocycles. The normalized spacial score (nSPS) is 23.5. The first-order valence-electron chi connectivity index (χ1n) is 5.71. The lowest BCUT2D eigenvalue weighted by molar-refractivity contribution is -0.123. The number of alkyl halides is 3. The lowest BCUT2D eigenvalue weighted by atomic mass is 10.0. The van der Waals surface area contributed by atoms with Crippen LogP contribution in [0.3, 0.4) is 0 Å². The van der Waals surface area contributed by atoms with Gasteiger partial charge in [-0.3, -0.25) is 0 Å². The third kappa shape index (κ3) is 2.38. The van der Waals surface area contributed by atoms with E-state index in [1.165, 1.54) is 4.90 Å². The topological polar surface area (TPSA) is 38.5 Å². The zero-order valence-electron chi connectivity index (χ0n) is 10.00. The van der Waals surface area contributed by atoms with Crippen molar-refractivity contribution in [3.05, 3.63) is 24.3 Å². The van der Waals surface area contributed by atoms with E-state index in [9.17, 15) is 13.2 Å². The van der Waals surface area contributed by atoms with Gasteiger partial charge in [-0.1, -0.05) is 19.1 Å². The maximum absolute atomic E-state index is 12.7. The monoisotopic (exact) mass is 260 g/mol. The van der Waals surface area contributed by atoms with Crippen LogP contribution in [-0.2, 0) is 0 Å². The Kier molecular flexibility index (Phi) is 3.14. The number of halogens is 3. The summed E-state index contributed by atoms with van der Waals surface area (Å²) in [5.41, 5.74) is 5.30. The van der Waals surface area contributed by atoms with Gasteiger partial charge in [0.2, 0.25) is 0 Å². The van der Waals surface area contributed by atoms with E-state index < -0.39 is 18.4 Å². The second kappa shape index (κ2) is 4.35. The van der Waals surface area contributed by atoms with Crippen LogP contribution in [-0.4, -0.2) is 25.0 Å². The Morgan fingerprint density at radius 1 is 1.39 bits per heavy atom. The number of hydrogen-bond acceptors (Lipinski definition) is 3. The Labute approximate surface area is 103 Å². The second-order valence-electron chi connectivity index (χ2n) is 4.41. The number of benzene rings is 1. The number of rotatable bonds is 2. The van der Waals surface area contributed by atoms with Crippen LogP contribution in [0.4, 0.5) is 18.9 Å². The molecule has 0 fully saturated rings. The number of anilines is 1. The Balaban J connectivity index is 2.41. The van der Waals surface area contributed by atoms with E-state index in [4.69, 9.17) is 10.5 Å². The summed E-state index contributed by atoms with van der Waals surface area (Å²) >= 11 is 0. The van der Waals surface area contributed by atoms with Crippen molar-refractivity contribution in [2.24, 2.45) is 5.73 Å². The second-order valence-corrected chi connectivity index (χ2v) is 4.41. The molecule has 0 bridgehead atoms. The van der Waals surface area contributed by atoms with Gasteiger partial charge in [-0.25, -0.2) is 0 Å². The summed E-state index contributed by atoms with van der Waals surface area (Å²) in [4.78, 5) is 1.19. The Hall–Kier alpha value is -1.43. The molecule has 0 saturated heterocycles. The van der Waals surface area contributed by atoms with Crippen molar-refractivity contribution in [3.8, 4) is 5.75 Å². The fraction of sp³-hybridized carbons (Fsp3) is 0.500. The van der Waals surface area contributed by atoms with Crippen molar-refractivity contribution in [1.29, 1.82) is 0 Å². The van der Waals surface area contributed by atoms with Crippen molar-refractivity contribution in [1.82, 2.24) is 0 Å². The van der Waals surface area contributed by atoms with Crippen LogP contribution >= 0.6 is 0 Å². The molecule has 0 spiro atoms. The SMILES string of the molecule is CCC1(N)COc2ccccc2N1CC(F)(F)F. The maximum atomic E-state index is 12.7. The van der Waals surface area contributed by atoms with Gasteiger partial charge in [0.15, 0.2) is 0 Å². The molecule has 1 atom stereocenters. The van der Waals surface area contributed by atoms with Crippen molar-refractivity contribution in [3.63, 3.8) is 0 Å². The smallest absolute Gasteiger partial charge is 0.405 e. The Bertz CT molecular complexity index is 436. The van der Waals surface area contributed by atoms with Crippen LogP contribution in [0.5, 0.6) is 5.75 Å². The molecule has 3 nitrogen and oxygen atoms in total. The minimum atomic E-state index is -4.30. The highest BCUT2D eigenvalue weighted by molar-refractivity contribution is 5.61. The minimum absolute atomic E-state index is 0.0522. The minimum Gasteiger partial charge on any atom is -0.488 e. The average molecular weight is 260 g/mol. The van der Waals surface area contributed by atoms with Crippen LogP contribution in [0.25, 0.3) is 0 Å². The number of hydrogen-bond donors (Lipinski definition) is 1. The molecule has 1 aliphatic rings. The molecule has 1 heterocycles. The zero-order valence-corrected chi connectivity index (χ0v) is 10.00. The van der Waals surface area contributed by atoms with Crippen LogP contribution in [0.15, 0.2) is 24.3 Å². The summed E-state index contributed by atoms with van der Waals surface area (Å²) in [6, 6.07) is 6.64. The van der Waals surface area contributed by atoms with Gasteiger partial charge in [-0.15, -0.1) is 0 Å². The Morgan fingerprint density at radius 2 is 2.06 bits per heavy atom. The van der Waals surface area contributed by atoms with Crippen LogP contribution in [0, 0.1) is 0 Å². The average Bonchev–Trinajstić information content (AvgIpc) is 2.32. The molecular formula is C12H15F3N2O. The van der Waals surface area contributed by atoms with E-state index in [-0.39, 0.29) is 6.61 Å². The van der Waals surface area contributed by atoms with E-state index in [0.29, 0.717) is 17.9 Å². The highest BCUT2D eigenvalue weighted by atomic mass is 19.4. The predicted octanol–water partition coefficient (Wildman–Crippen LogP) is 2.51. The molecule has 2 N–H and O–H groups in total. The van der Waals surface area contributed by atoms with Gasteiger partial charge in [0, 0.05) is 0 Å². The maximum Gasteiger partial charge on any atom is 0.405 e. The molecule has 1 aromatic carbocycles. The molecular weight excluding hydrogens is 245 g/mol. The molecule has 1 unspecified atom stereocenters. The van der Waals surface area contributed by atoms with Crippen LogP contribution in [0.1, 0.15) is 13.3 Å². The van der Waals surface area contributed by atoms with E-state index >= 15 is 0 Å². The van der Waals surface area contributed by atoms with E-state index in [1.54, 1.807) is 31.2 Å². The summed E-state index contributed by atoms with van der Waals surface area (Å²) in [5, 5.41) is 0. The Morgan fingerprint density at radius 3 is 2.67 bits per heavy atom. The van der Waals surface area contributed by atoms with Crippen LogP contribution < -0.4 is 15.4 Å². The molecule has 100 valence electrons. The zero-order chi connectivity index (χ0) is 13.4. The van der Waals surface area contributed by atoms with E-state index in [1.807, 2.05) is 0 Å². The largest absolute Gasteiger partial charge is 0.488 e. The molecule has 1 aromatic rings. The van der Waals surface area contributed by atoms with Gasteiger partial charge < -0.3 is 15.4 Å². The lowest BCUT2D eigenvalue weighted by Gasteiger charge is -2.46. The summed E-state index contributed by atoms with van der Waals surface area (Å²) in [6.07, 6.45) is -3.93. The summed E-state index contributed by atoms with van der Waals surface area (Å²) < 4.78 is 43.5. The van der Waals surface area contributed by atoms with Gasteiger partial charge in [0.05, 0.1) is 5.69 Å². The summed E-state index contributed by atoms with van der Waals surface area (Å²) in [7, 11) is 0. The van der Waals surface area contributed by atoms with Gasteiger partial charge in [-0.05, 0) is 18.6 Å². The highest BCUT2D eigenvalue weighted by Gasteiger charge is 2.43. The molecule has 0 aromatic heterocycles. The van der Waals surface area contributed by atoms with Crippen LogP contribution in [0.2, 0.25) is 0 Å². The predicted molar refractivity (Wildman–Crippen MR) is 62.5 cm³/mol. The lowest BCUT2D eigenvalue weighted by Crippen LogP contribution is -2.63. The molecule has 2 rings (SSSR count). The van der Waals surface area contributed by atoms with Crippen molar-refractivity contribution < 1.29 is 17.9 Å². The van der Waals surface area contributed by atoms with Gasteiger partial charge >= 0.3 is 6.18 Å². The van der Waals surface area contributed by atoms with Crippen molar-refractivity contribution in [2.75, 3.05) is 18.1 Å². The standard InChI is InChI=1S/C12H15F3N2O/c1-2-11(16)8-18-10-6-4-3-5-9(10)17(11)7-12(13,14)15/h3-6H,2,7-8,16H2,1H3. The van der Waals surface area contributed by atoms with Gasteiger partial charge in [0.25, 0.3) is 0 Å². The summed E-state index contributed by atoms with van der Waals surface area (Å²) in [5.74, 6) is 0.441. The number of nitrogens with zero attached hydrogens (tertiary/aromatic N) is 1. The quantitative estimate of drug-likeness (QED) is 0.888. The van der Waals surface area contributed by atoms with E-state index in [2.05, 4.69) is 0 Å².